The van der Waals surface area contributed by atoms with Crippen molar-refractivity contribution in [2.24, 2.45) is 5.92 Å². The highest BCUT2D eigenvalue weighted by molar-refractivity contribution is 7.20. The monoisotopic (exact) mass is 307 g/mol. The summed E-state index contributed by atoms with van der Waals surface area (Å²) in [6, 6.07) is 6.42. The zero-order valence-electron chi connectivity index (χ0n) is 12.0. The minimum atomic E-state index is -1.03. The number of carboxylic acids is 1. The third-order valence-corrected chi connectivity index (χ3v) is 4.27. The van der Waals surface area contributed by atoms with Gasteiger partial charge in [0.1, 0.15) is 11.8 Å². The van der Waals surface area contributed by atoms with Crippen molar-refractivity contribution < 1.29 is 19.4 Å². The molecule has 1 unspecified atom stereocenters. The molecule has 0 aliphatic heterocycles. The number of amides is 1. The van der Waals surface area contributed by atoms with Crippen molar-refractivity contribution in [1.29, 1.82) is 0 Å². The standard InChI is InChI=1S/C15H17NO4S/c1-8(2)13(15(18)19)16-14(17)12-6-9-4-5-10(20-3)7-11(9)21-12/h4-8,13H,1-3H3,(H,16,17)(H,18,19). The molecule has 1 amide bonds. The second kappa shape index (κ2) is 6.13. The Labute approximate surface area is 126 Å². The van der Waals surface area contributed by atoms with Crippen LogP contribution in [-0.4, -0.2) is 30.1 Å². The molecule has 0 bridgehead atoms. The summed E-state index contributed by atoms with van der Waals surface area (Å²) < 4.78 is 6.07. The molecule has 0 fully saturated rings. The largest absolute Gasteiger partial charge is 0.497 e. The van der Waals surface area contributed by atoms with E-state index in [1.165, 1.54) is 11.3 Å². The van der Waals surface area contributed by atoms with Crippen molar-refractivity contribution in [2.45, 2.75) is 19.9 Å². The molecule has 0 spiro atoms. The van der Waals surface area contributed by atoms with E-state index in [0.717, 1.165) is 15.8 Å². The summed E-state index contributed by atoms with van der Waals surface area (Å²) in [5.74, 6) is -0.847. The Balaban J connectivity index is 2.25. The SMILES string of the molecule is COc1ccc2cc(C(=O)NC(C(=O)O)C(C)C)sc2c1. The summed E-state index contributed by atoms with van der Waals surface area (Å²) in [5, 5.41) is 12.6. The zero-order chi connectivity index (χ0) is 15.6. The number of hydrogen-bond acceptors (Lipinski definition) is 4. The van der Waals surface area contributed by atoms with Crippen LogP contribution in [0.1, 0.15) is 23.5 Å². The van der Waals surface area contributed by atoms with E-state index in [9.17, 15) is 9.59 Å². The predicted molar refractivity (Wildman–Crippen MR) is 82.1 cm³/mol. The molecule has 0 radical (unpaired) electrons. The highest BCUT2D eigenvalue weighted by atomic mass is 32.1. The van der Waals surface area contributed by atoms with Gasteiger partial charge in [-0.3, -0.25) is 4.79 Å². The average Bonchev–Trinajstić information content (AvgIpc) is 2.86. The average molecular weight is 307 g/mol. The van der Waals surface area contributed by atoms with E-state index in [2.05, 4.69) is 5.32 Å². The summed E-state index contributed by atoms with van der Waals surface area (Å²) in [7, 11) is 1.59. The number of ether oxygens (including phenoxy) is 1. The molecule has 6 heteroatoms. The van der Waals surface area contributed by atoms with Crippen molar-refractivity contribution in [2.75, 3.05) is 7.11 Å². The van der Waals surface area contributed by atoms with Crippen LogP contribution in [0.25, 0.3) is 10.1 Å². The Morgan fingerprint density at radius 1 is 1.29 bits per heavy atom. The van der Waals surface area contributed by atoms with Gasteiger partial charge in [-0.05, 0) is 35.6 Å². The van der Waals surface area contributed by atoms with Gasteiger partial charge in [-0.15, -0.1) is 11.3 Å². The molecule has 2 aromatic rings. The predicted octanol–water partition coefficient (Wildman–Crippen LogP) is 2.75. The van der Waals surface area contributed by atoms with Gasteiger partial charge in [0.25, 0.3) is 5.91 Å². The molecule has 2 rings (SSSR count). The van der Waals surface area contributed by atoms with Gasteiger partial charge in [0.15, 0.2) is 0 Å². The number of fused-ring (bicyclic) bond motifs is 1. The first-order valence-electron chi connectivity index (χ1n) is 6.53. The van der Waals surface area contributed by atoms with Crippen LogP contribution < -0.4 is 10.1 Å². The number of carboxylic acid groups (broad SMARTS) is 1. The van der Waals surface area contributed by atoms with Crippen LogP contribution in [0.2, 0.25) is 0 Å². The number of benzene rings is 1. The zero-order valence-corrected chi connectivity index (χ0v) is 12.9. The van der Waals surface area contributed by atoms with Gasteiger partial charge in [-0.1, -0.05) is 13.8 Å². The van der Waals surface area contributed by atoms with E-state index in [1.807, 2.05) is 18.2 Å². The molecular formula is C15H17NO4S. The number of aliphatic carboxylic acids is 1. The molecule has 0 aliphatic rings. The smallest absolute Gasteiger partial charge is 0.326 e. The third kappa shape index (κ3) is 3.33. The first kappa shape index (κ1) is 15.3. The Morgan fingerprint density at radius 2 is 2.00 bits per heavy atom. The fourth-order valence-electron chi connectivity index (χ4n) is 1.98. The number of thiophene rings is 1. The summed E-state index contributed by atoms with van der Waals surface area (Å²) in [4.78, 5) is 23.8. The van der Waals surface area contributed by atoms with Gasteiger partial charge in [0.2, 0.25) is 0 Å². The van der Waals surface area contributed by atoms with Gasteiger partial charge in [0, 0.05) is 4.70 Å². The van der Waals surface area contributed by atoms with Gasteiger partial charge < -0.3 is 15.2 Å². The maximum atomic E-state index is 12.2. The van der Waals surface area contributed by atoms with Crippen LogP contribution in [0.3, 0.4) is 0 Å². The minimum Gasteiger partial charge on any atom is -0.497 e. The fraction of sp³-hybridized carbons (Fsp3) is 0.333. The summed E-state index contributed by atoms with van der Waals surface area (Å²) in [5.41, 5.74) is 0. The molecule has 1 atom stereocenters. The number of carbonyl (C=O) groups excluding carboxylic acids is 1. The minimum absolute atomic E-state index is 0.180. The van der Waals surface area contributed by atoms with Crippen molar-refractivity contribution >= 4 is 33.3 Å². The van der Waals surface area contributed by atoms with Crippen LogP contribution in [0.15, 0.2) is 24.3 Å². The lowest BCUT2D eigenvalue weighted by Gasteiger charge is -2.17. The lowest BCUT2D eigenvalue weighted by atomic mass is 10.0. The Kier molecular flexibility index (Phi) is 4.47. The first-order chi connectivity index (χ1) is 9.92. The molecule has 112 valence electrons. The maximum Gasteiger partial charge on any atom is 0.326 e. The highest BCUT2D eigenvalue weighted by Crippen LogP contribution is 2.29. The van der Waals surface area contributed by atoms with Crippen LogP contribution >= 0.6 is 11.3 Å². The lowest BCUT2D eigenvalue weighted by Crippen LogP contribution is -2.44. The number of methoxy groups -OCH3 is 1. The topological polar surface area (TPSA) is 75.6 Å². The van der Waals surface area contributed by atoms with Crippen LogP contribution in [0.5, 0.6) is 5.75 Å². The van der Waals surface area contributed by atoms with Crippen LogP contribution in [0, 0.1) is 5.92 Å². The van der Waals surface area contributed by atoms with E-state index in [-0.39, 0.29) is 11.8 Å². The van der Waals surface area contributed by atoms with Gasteiger partial charge >= 0.3 is 5.97 Å². The van der Waals surface area contributed by atoms with E-state index in [1.54, 1.807) is 27.0 Å². The van der Waals surface area contributed by atoms with Gasteiger partial charge in [-0.2, -0.15) is 0 Å². The Hall–Kier alpha value is -2.08. The molecule has 0 saturated carbocycles. The summed E-state index contributed by atoms with van der Waals surface area (Å²) in [6.07, 6.45) is 0. The van der Waals surface area contributed by atoms with E-state index >= 15 is 0 Å². The third-order valence-electron chi connectivity index (χ3n) is 3.17. The molecule has 5 nitrogen and oxygen atoms in total. The number of hydrogen-bond donors (Lipinski definition) is 2. The number of nitrogens with one attached hydrogen (secondary N) is 1. The van der Waals surface area contributed by atoms with Crippen molar-refractivity contribution in [3.8, 4) is 5.75 Å². The van der Waals surface area contributed by atoms with E-state index in [4.69, 9.17) is 9.84 Å². The summed E-state index contributed by atoms with van der Waals surface area (Å²) >= 11 is 1.32. The van der Waals surface area contributed by atoms with Crippen molar-refractivity contribution in [3.05, 3.63) is 29.1 Å². The molecule has 1 aromatic carbocycles. The summed E-state index contributed by atoms with van der Waals surface area (Å²) in [6.45, 7) is 3.52. The van der Waals surface area contributed by atoms with Gasteiger partial charge in [0.05, 0.1) is 12.0 Å². The molecule has 2 N–H and O–H groups in total. The van der Waals surface area contributed by atoms with Crippen LogP contribution in [0.4, 0.5) is 0 Å². The maximum absolute atomic E-state index is 12.2. The highest BCUT2D eigenvalue weighted by Gasteiger charge is 2.24. The van der Waals surface area contributed by atoms with Gasteiger partial charge in [-0.25, -0.2) is 4.79 Å². The fourth-order valence-corrected chi connectivity index (χ4v) is 2.97. The molecule has 0 saturated heterocycles. The lowest BCUT2D eigenvalue weighted by molar-refractivity contribution is -0.140. The quantitative estimate of drug-likeness (QED) is 0.890. The Bertz CT molecular complexity index is 677. The molecule has 0 aliphatic carbocycles. The molecule has 21 heavy (non-hydrogen) atoms. The second-order valence-corrected chi connectivity index (χ2v) is 6.13. The van der Waals surface area contributed by atoms with Crippen LogP contribution in [-0.2, 0) is 4.79 Å². The second-order valence-electron chi connectivity index (χ2n) is 5.05. The molecule has 1 heterocycles. The van der Waals surface area contributed by atoms with E-state index < -0.39 is 12.0 Å². The van der Waals surface area contributed by atoms with Crippen molar-refractivity contribution in [3.63, 3.8) is 0 Å². The molecular weight excluding hydrogens is 290 g/mol. The molecule has 1 aromatic heterocycles. The first-order valence-corrected chi connectivity index (χ1v) is 7.35. The number of rotatable bonds is 5. The Morgan fingerprint density at radius 3 is 2.57 bits per heavy atom. The van der Waals surface area contributed by atoms with E-state index in [0.29, 0.717) is 4.88 Å². The number of carbonyl (C=O) groups is 2. The van der Waals surface area contributed by atoms with Crippen molar-refractivity contribution in [1.82, 2.24) is 5.32 Å². The normalized spacial score (nSPS) is 12.4.